The SMILES string of the molecule is CCN(C)/C=N\c1cc(C)c(C(=O)COc2cccc(OC(F)(F)F)c2)cc1C. The van der Waals surface area contributed by atoms with E-state index in [0.717, 1.165) is 35.5 Å². The number of ether oxygens (including phenoxy) is 2. The van der Waals surface area contributed by atoms with Crippen molar-refractivity contribution in [3.8, 4) is 11.5 Å². The molecule has 2 aromatic carbocycles. The fourth-order valence-electron chi connectivity index (χ4n) is 2.47. The smallest absolute Gasteiger partial charge is 0.485 e. The molecule has 0 amide bonds. The van der Waals surface area contributed by atoms with Gasteiger partial charge in [0.25, 0.3) is 0 Å². The van der Waals surface area contributed by atoms with Gasteiger partial charge in [-0.25, -0.2) is 4.99 Å². The average Bonchev–Trinajstić information content (AvgIpc) is 2.65. The lowest BCUT2D eigenvalue weighted by atomic mass is 10.0. The molecule has 0 spiro atoms. The Bertz CT molecular complexity index is 895. The summed E-state index contributed by atoms with van der Waals surface area (Å²) in [5, 5.41) is 0. The van der Waals surface area contributed by atoms with Crippen LogP contribution in [0, 0.1) is 13.8 Å². The molecule has 0 saturated heterocycles. The number of benzene rings is 2. The normalized spacial score (nSPS) is 11.6. The van der Waals surface area contributed by atoms with Crippen LogP contribution in [0.2, 0.25) is 0 Å². The van der Waals surface area contributed by atoms with E-state index in [9.17, 15) is 18.0 Å². The Morgan fingerprint density at radius 2 is 1.83 bits per heavy atom. The Labute approximate surface area is 167 Å². The highest BCUT2D eigenvalue weighted by Gasteiger charge is 2.31. The quantitative estimate of drug-likeness (QED) is 0.347. The molecule has 0 N–H and O–H groups in total. The molecule has 8 heteroatoms. The first-order valence-corrected chi connectivity index (χ1v) is 8.96. The lowest BCUT2D eigenvalue weighted by molar-refractivity contribution is -0.274. The summed E-state index contributed by atoms with van der Waals surface area (Å²) in [6.45, 7) is 6.18. The lowest BCUT2D eigenvalue weighted by Gasteiger charge is -2.13. The highest BCUT2D eigenvalue weighted by atomic mass is 19.4. The van der Waals surface area contributed by atoms with Crippen LogP contribution in [0.5, 0.6) is 11.5 Å². The van der Waals surface area contributed by atoms with E-state index >= 15 is 0 Å². The second-order valence-electron chi connectivity index (χ2n) is 6.51. The third kappa shape index (κ3) is 6.81. The first-order chi connectivity index (χ1) is 13.6. The number of Topliss-reactive ketones (excluding diaryl/α,β-unsaturated/α-hetero) is 1. The van der Waals surface area contributed by atoms with Crippen molar-refractivity contribution in [3.05, 3.63) is 53.1 Å². The van der Waals surface area contributed by atoms with Crippen LogP contribution in [-0.4, -0.2) is 43.6 Å². The summed E-state index contributed by atoms with van der Waals surface area (Å²) >= 11 is 0. The third-order valence-electron chi connectivity index (χ3n) is 4.15. The molecule has 5 nitrogen and oxygen atoms in total. The van der Waals surface area contributed by atoms with Gasteiger partial charge in [-0.15, -0.1) is 13.2 Å². The first kappa shape index (κ1) is 22.3. The highest BCUT2D eigenvalue weighted by molar-refractivity contribution is 5.99. The van der Waals surface area contributed by atoms with Crippen LogP contribution in [-0.2, 0) is 0 Å². The van der Waals surface area contributed by atoms with Gasteiger partial charge in [0.05, 0.1) is 12.0 Å². The zero-order chi connectivity index (χ0) is 21.6. The molecule has 0 saturated carbocycles. The van der Waals surface area contributed by atoms with Crippen molar-refractivity contribution in [1.29, 1.82) is 0 Å². The molecule has 0 radical (unpaired) electrons. The molecule has 156 valence electrons. The van der Waals surface area contributed by atoms with Crippen molar-refractivity contribution in [2.45, 2.75) is 27.1 Å². The number of aliphatic imine (C=N–C) groups is 1. The van der Waals surface area contributed by atoms with Gasteiger partial charge in [-0.1, -0.05) is 6.07 Å². The monoisotopic (exact) mass is 408 g/mol. The minimum Gasteiger partial charge on any atom is -0.485 e. The number of rotatable bonds is 8. The molecule has 0 atom stereocenters. The molecule has 2 rings (SSSR count). The number of nitrogens with zero attached hydrogens (tertiary/aromatic N) is 2. The second-order valence-corrected chi connectivity index (χ2v) is 6.51. The van der Waals surface area contributed by atoms with Crippen molar-refractivity contribution in [2.75, 3.05) is 20.2 Å². The van der Waals surface area contributed by atoms with Crippen molar-refractivity contribution >= 4 is 17.8 Å². The second kappa shape index (κ2) is 9.45. The van der Waals surface area contributed by atoms with E-state index in [4.69, 9.17) is 4.74 Å². The zero-order valence-electron chi connectivity index (χ0n) is 16.7. The number of hydrogen-bond donors (Lipinski definition) is 0. The van der Waals surface area contributed by atoms with Gasteiger partial charge >= 0.3 is 6.36 Å². The van der Waals surface area contributed by atoms with Gasteiger partial charge in [-0.2, -0.15) is 0 Å². The molecule has 0 aliphatic rings. The number of carbonyl (C=O) groups is 1. The molecule has 0 fully saturated rings. The number of ketones is 1. The van der Waals surface area contributed by atoms with Crippen molar-refractivity contribution in [3.63, 3.8) is 0 Å². The fraction of sp³-hybridized carbons (Fsp3) is 0.333. The van der Waals surface area contributed by atoms with E-state index in [1.54, 1.807) is 19.3 Å². The minimum atomic E-state index is -4.79. The fourth-order valence-corrected chi connectivity index (χ4v) is 2.47. The predicted molar refractivity (Wildman–Crippen MR) is 105 cm³/mol. The Kier molecular flexibility index (Phi) is 7.25. The largest absolute Gasteiger partial charge is 0.573 e. The predicted octanol–water partition coefficient (Wildman–Crippen LogP) is 5.08. The summed E-state index contributed by atoms with van der Waals surface area (Å²) in [7, 11) is 1.91. The van der Waals surface area contributed by atoms with Gasteiger partial charge in [0.2, 0.25) is 0 Å². The number of aryl methyl sites for hydroxylation is 2. The van der Waals surface area contributed by atoms with Crippen LogP contribution >= 0.6 is 0 Å². The number of carbonyl (C=O) groups excluding carboxylic acids is 1. The first-order valence-electron chi connectivity index (χ1n) is 8.96. The molecule has 0 aliphatic heterocycles. The summed E-state index contributed by atoms with van der Waals surface area (Å²) in [6.07, 6.45) is -3.07. The summed E-state index contributed by atoms with van der Waals surface area (Å²) in [6, 6.07) is 8.61. The standard InChI is InChI=1S/C21H23F3N2O3/c1-5-26(4)13-25-19-10-14(2)18(9-15(19)3)20(27)12-28-16-7-6-8-17(11-16)29-21(22,23)24/h6-11,13H,5,12H2,1-4H3/b25-13-. The average molecular weight is 408 g/mol. The third-order valence-corrected chi connectivity index (χ3v) is 4.15. The molecule has 0 bridgehead atoms. The van der Waals surface area contributed by atoms with Crippen molar-refractivity contribution in [1.82, 2.24) is 4.90 Å². The number of alkyl halides is 3. The minimum absolute atomic E-state index is 0.110. The number of hydrogen-bond acceptors (Lipinski definition) is 4. The van der Waals surface area contributed by atoms with E-state index in [0.29, 0.717) is 5.56 Å². The van der Waals surface area contributed by atoms with E-state index < -0.39 is 12.1 Å². The Morgan fingerprint density at radius 3 is 2.48 bits per heavy atom. The van der Waals surface area contributed by atoms with Gasteiger partial charge in [-0.3, -0.25) is 4.79 Å². The molecule has 0 unspecified atom stereocenters. The van der Waals surface area contributed by atoms with E-state index in [-0.39, 0.29) is 18.1 Å². The van der Waals surface area contributed by atoms with Crippen LogP contribution in [0.15, 0.2) is 41.4 Å². The molecule has 29 heavy (non-hydrogen) atoms. The lowest BCUT2D eigenvalue weighted by Crippen LogP contribution is -2.17. The molecule has 0 aliphatic carbocycles. The van der Waals surface area contributed by atoms with Crippen LogP contribution in [0.1, 0.15) is 28.4 Å². The zero-order valence-corrected chi connectivity index (χ0v) is 16.7. The van der Waals surface area contributed by atoms with E-state index in [1.165, 1.54) is 12.1 Å². The van der Waals surface area contributed by atoms with Gasteiger partial charge in [0, 0.05) is 25.2 Å². The van der Waals surface area contributed by atoms with Crippen LogP contribution in [0.3, 0.4) is 0 Å². The summed E-state index contributed by atoms with van der Waals surface area (Å²) in [5.74, 6) is -0.582. The van der Waals surface area contributed by atoms with Gasteiger partial charge in [-0.05, 0) is 56.2 Å². The topological polar surface area (TPSA) is 51.1 Å². The Hall–Kier alpha value is -3.03. The van der Waals surface area contributed by atoms with E-state index in [2.05, 4.69) is 9.73 Å². The maximum Gasteiger partial charge on any atom is 0.573 e. The van der Waals surface area contributed by atoms with Crippen molar-refractivity contribution in [2.24, 2.45) is 4.99 Å². The molecule has 2 aromatic rings. The Balaban J connectivity index is 2.09. The highest BCUT2D eigenvalue weighted by Crippen LogP contribution is 2.27. The van der Waals surface area contributed by atoms with E-state index in [1.807, 2.05) is 31.9 Å². The van der Waals surface area contributed by atoms with Gasteiger partial charge < -0.3 is 14.4 Å². The molecule has 0 aromatic heterocycles. The van der Waals surface area contributed by atoms with Crippen LogP contribution in [0.25, 0.3) is 0 Å². The van der Waals surface area contributed by atoms with Gasteiger partial charge in [0.1, 0.15) is 11.5 Å². The maximum absolute atomic E-state index is 12.5. The Morgan fingerprint density at radius 1 is 1.14 bits per heavy atom. The summed E-state index contributed by atoms with van der Waals surface area (Å²) in [5.41, 5.74) is 2.81. The maximum atomic E-state index is 12.5. The van der Waals surface area contributed by atoms with Crippen molar-refractivity contribution < 1.29 is 27.4 Å². The van der Waals surface area contributed by atoms with Crippen LogP contribution < -0.4 is 9.47 Å². The van der Waals surface area contributed by atoms with Crippen LogP contribution in [0.4, 0.5) is 18.9 Å². The summed E-state index contributed by atoms with van der Waals surface area (Å²) < 4.78 is 46.1. The number of halogens is 3. The summed E-state index contributed by atoms with van der Waals surface area (Å²) in [4.78, 5) is 18.9. The molecular weight excluding hydrogens is 385 g/mol. The molecule has 0 heterocycles. The molecular formula is C21H23F3N2O3. The van der Waals surface area contributed by atoms with Gasteiger partial charge in [0.15, 0.2) is 12.4 Å².